The number of hydrogen-bond donors (Lipinski definition) is 3. The number of allylic oxidation sites excluding steroid dienone is 4. The van der Waals surface area contributed by atoms with Crippen molar-refractivity contribution >= 4 is 11.8 Å². The van der Waals surface area contributed by atoms with Crippen LogP contribution in [0.15, 0.2) is 34.9 Å². The van der Waals surface area contributed by atoms with Gasteiger partial charge in [-0.3, -0.25) is 0 Å². The molecule has 0 heterocycles. The third-order valence-electron chi connectivity index (χ3n) is 8.04. The molecular weight excluding hydrogens is 392 g/mol. The third-order valence-corrected chi connectivity index (χ3v) is 9.50. The molecule has 4 heteroatoms. The maximum absolute atomic E-state index is 10.7. The van der Waals surface area contributed by atoms with Crippen molar-refractivity contribution in [2.45, 2.75) is 109 Å². The SMILES string of the molecule is CCC(O)(CC)CS[C@H](C)C1=CCC2/C(=C/C=C3C[C@@H](O)C[C@H](O)C3)CCC[C@]12C. The van der Waals surface area contributed by atoms with Crippen molar-refractivity contribution in [3.05, 3.63) is 34.9 Å². The number of thioether (sulfide) groups is 1. The molecule has 3 rings (SSSR count). The van der Waals surface area contributed by atoms with Gasteiger partial charge in [0.15, 0.2) is 0 Å². The van der Waals surface area contributed by atoms with E-state index < -0.39 is 17.8 Å². The smallest absolute Gasteiger partial charge is 0.0732 e. The van der Waals surface area contributed by atoms with E-state index in [9.17, 15) is 15.3 Å². The van der Waals surface area contributed by atoms with Crippen LogP contribution in [0.3, 0.4) is 0 Å². The standard InChI is InChI=1S/C26H42O3S/c1-5-26(29,6-2)17-30-18(3)23-11-12-24-20(8-7-13-25(23,24)4)10-9-19-14-21(27)16-22(28)15-19/h9-11,18,21-22,24,27-29H,5-8,12-17H2,1-4H3/b20-10+/t18-,21-,22-,24?,25-/m1/s1. The van der Waals surface area contributed by atoms with Crippen LogP contribution in [0, 0.1) is 11.3 Å². The summed E-state index contributed by atoms with van der Waals surface area (Å²) < 4.78 is 0. The number of fused-ring (bicyclic) bond motifs is 1. The number of aliphatic hydroxyl groups is 3. The molecule has 3 aliphatic rings. The minimum absolute atomic E-state index is 0.219. The highest BCUT2D eigenvalue weighted by atomic mass is 32.2. The Bertz CT molecular complexity index is 678. The molecule has 3 nitrogen and oxygen atoms in total. The molecular formula is C26H42O3S. The zero-order chi connectivity index (χ0) is 21.9. The van der Waals surface area contributed by atoms with Gasteiger partial charge < -0.3 is 15.3 Å². The van der Waals surface area contributed by atoms with E-state index in [-0.39, 0.29) is 5.41 Å². The molecule has 0 aromatic rings. The van der Waals surface area contributed by atoms with Crippen LogP contribution < -0.4 is 0 Å². The summed E-state index contributed by atoms with van der Waals surface area (Å²) in [4.78, 5) is 0. The Morgan fingerprint density at radius 3 is 2.50 bits per heavy atom. The van der Waals surface area contributed by atoms with Gasteiger partial charge in [0, 0.05) is 11.0 Å². The fraction of sp³-hybridized carbons (Fsp3) is 0.769. The molecule has 170 valence electrons. The van der Waals surface area contributed by atoms with Gasteiger partial charge in [-0.05, 0) is 76.0 Å². The van der Waals surface area contributed by atoms with E-state index in [2.05, 4.69) is 45.9 Å². The topological polar surface area (TPSA) is 60.7 Å². The first-order valence-electron chi connectivity index (χ1n) is 12.0. The van der Waals surface area contributed by atoms with Gasteiger partial charge in [0.1, 0.15) is 0 Å². The monoisotopic (exact) mass is 434 g/mol. The molecule has 0 radical (unpaired) electrons. The summed E-state index contributed by atoms with van der Waals surface area (Å²) in [6, 6.07) is 0. The van der Waals surface area contributed by atoms with Gasteiger partial charge in [0.25, 0.3) is 0 Å². The van der Waals surface area contributed by atoms with Gasteiger partial charge in [-0.15, -0.1) is 0 Å². The Labute approximate surface area is 187 Å². The molecule has 0 saturated heterocycles. The summed E-state index contributed by atoms with van der Waals surface area (Å²) in [6.07, 6.45) is 14.4. The average molecular weight is 435 g/mol. The van der Waals surface area contributed by atoms with Crippen molar-refractivity contribution in [3.8, 4) is 0 Å². The zero-order valence-electron chi connectivity index (χ0n) is 19.4. The van der Waals surface area contributed by atoms with Crippen molar-refractivity contribution in [1.82, 2.24) is 0 Å². The highest BCUT2D eigenvalue weighted by molar-refractivity contribution is 8.00. The molecule has 0 aromatic heterocycles. The minimum atomic E-state index is -0.544. The molecule has 3 N–H and O–H groups in total. The first-order valence-corrected chi connectivity index (χ1v) is 13.0. The van der Waals surface area contributed by atoms with Crippen LogP contribution in [0.25, 0.3) is 0 Å². The first-order chi connectivity index (χ1) is 14.2. The van der Waals surface area contributed by atoms with Crippen molar-refractivity contribution in [1.29, 1.82) is 0 Å². The van der Waals surface area contributed by atoms with E-state index in [1.165, 1.54) is 24.0 Å². The van der Waals surface area contributed by atoms with Gasteiger partial charge in [-0.1, -0.05) is 55.7 Å². The number of hydrogen-bond acceptors (Lipinski definition) is 4. The maximum atomic E-state index is 10.7. The molecule has 1 unspecified atom stereocenters. The van der Waals surface area contributed by atoms with Crippen molar-refractivity contribution in [3.63, 3.8) is 0 Å². The lowest BCUT2D eigenvalue weighted by molar-refractivity contribution is 0.0570. The van der Waals surface area contributed by atoms with Crippen LogP contribution in [-0.2, 0) is 0 Å². The Hall–Kier alpha value is -0.550. The molecule has 2 saturated carbocycles. The van der Waals surface area contributed by atoms with Crippen LogP contribution in [0.4, 0.5) is 0 Å². The van der Waals surface area contributed by atoms with Crippen LogP contribution in [0.2, 0.25) is 0 Å². The van der Waals surface area contributed by atoms with Crippen LogP contribution in [0.5, 0.6) is 0 Å². The largest absolute Gasteiger partial charge is 0.393 e. The van der Waals surface area contributed by atoms with Gasteiger partial charge in [0.05, 0.1) is 17.8 Å². The molecule has 0 aliphatic heterocycles. The second-order valence-corrected chi connectivity index (χ2v) is 11.5. The second-order valence-electron chi connectivity index (χ2n) is 10.1. The quantitative estimate of drug-likeness (QED) is 0.460. The molecule has 0 bridgehead atoms. The van der Waals surface area contributed by atoms with Gasteiger partial charge >= 0.3 is 0 Å². The first kappa shape index (κ1) is 24.1. The lowest BCUT2D eigenvalue weighted by Crippen LogP contribution is -2.35. The fourth-order valence-electron chi connectivity index (χ4n) is 5.84. The summed E-state index contributed by atoms with van der Waals surface area (Å²) in [5.74, 6) is 1.37. The summed E-state index contributed by atoms with van der Waals surface area (Å²) in [6.45, 7) is 8.93. The Morgan fingerprint density at radius 2 is 1.87 bits per heavy atom. The molecule has 0 spiro atoms. The molecule has 3 aliphatic carbocycles. The van der Waals surface area contributed by atoms with E-state index in [1.54, 1.807) is 5.57 Å². The normalized spacial score (nSPS) is 34.6. The predicted octanol–water partition coefficient (Wildman–Crippen LogP) is 5.55. The minimum Gasteiger partial charge on any atom is -0.393 e. The van der Waals surface area contributed by atoms with E-state index >= 15 is 0 Å². The van der Waals surface area contributed by atoms with E-state index in [0.717, 1.165) is 31.4 Å². The zero-order valence-corrected chi connectivity index (χ0v) is 20.2. The van der Waals surface area contributed by atoms with Gasteiger partial charge in [-0.2, -0.15) is 11.8 Å². The van der Waals surface area contributed by atoms with Crippen molar-refractivity contribution in [2.75, 3.05) is 5.75 Å². The van der Waals surface area contributed by atoms with Gasteiger partial charge in [0.2, 0.25) is 0 Å². The van der Waals surface area contributed by atoms with Crippen molar-refractivity contribution < 1.29 is 15.3 Å². The second kappa shape index (κ2) is 9.94. The highest BCUT2D eigenvalue weighted by Crippen LogP contribution is 2.56. The van der Waals surface area contributed by atoms with E-state index in [4.69, 9.17) is 0 Å². The average Bonchev–Trinajstić information content (AvgIpc) is 3.07. The van der Waals surface area contributed by atoms with Crippen LogP contribution in [-0.4, -0.2) is 44.1 Å². The molecule has 2 fully saturated rings. The molecule has 0 amide bonds. The van der Waals surface area contributed by atoms with Crippen molar-refractivity contribution in [2.24, 2.45) is 11.3 Å². The van der Waals surface area contributed by atoms with E-state index in [0.29, 0.717) is 30.4 Å². The summed E-state index contributed by atoms with van der Waals surface area (Å²) in [7, 11) is 0. The summed E-state index contributed by atoms with van der Waals surface area (Å²) >= 11 is 1.92. The predicted molar refractivity (Wildman–Crippen MR) is 128 cm³/mol. The summed E-state index contributed by atoms with van der Waals surface area (Å²) in [5, 5.41) is 31.1. The number of aliphatic hydroxyl groups excluding tert-OH is 2. The van der Waals surface area contributed by atoms with Crippen LogP contribution in [0.1, 0.15) is 85.5 Å². The Morgan fingerprint density at radius 1 is 1.20 bits per heavy atom. The lowest BCUT2D eigenvalue weighted by Gasteiger charge is -2.42. The summed E-state index contributed by atoms with van der Waals surface area (Å²) in [5.41, 5.74) is 3.96. The molecule has 30 heavy (non-hydrogen) atoms. The van der Waals surface area contributed by atoms with Crippen LogP contribution >= 0.6 is 11.8 Å². The Balaban J connectivity index is 1.70. The highest BCUT2D eigenvalue weighted by Gasteiger charge is 2.46. The van der Waals surface area contributed by atoms with Gasteiger partial charge in [-0.25, -0.2) is 0 Å². The molecule has 0 aromatic carbocycles. The maximum Gasteiger partial charge on any atom is 0.0732 e. The van der Waals surface area contributed by atoms with E-state index in [1.807, 2.05) is 11.8 Å². The lowest BCUT2D eigenvalue weighted by atomic mass is 9.64. The fourth-order valence-corrected chi connectivity index (χ4v) is 7.35. The molecule has 5 atom stereocenters. The Kier molecular flexibility index (Phi) is 7.98. The number of rotatable bonds is 7. The third kappa shape index (κ3) is 5.26.